The fourth-order valence-corrected chi connectivity index (χ4v) is 6.75. The SMILES string of the molecule is CCN(CC)CCN(Cc1ccc(-c2ccc(C(F)(F)F)cc2)cc1)C(=O)Cn1c(SCc2cccc(F)c2F)nc2c(c1=O)CCC2. The Morgan fingerprint density at radius 2 is 1.58 bits per heavy atom. The van der Waals surface area contributed by atoms with E-state index in [9.17, 15) is 31.5 Å². The molecule has 0 radical (unpaired) electrons. The topological polar surface area (TPSA) is 58.4 Å². The van der Waals surface area contributed by atoms with Gasteiger partial charge in [0, 0.05) is 36.5 Å². The summed E-state index contributed by atoms with van der Waals surface area (Å²) in [7, 11) is 0. The van der Waals surface area contributed by atoms with E-state index < -0.39 is 23.4 Å². The number of alkyl halides is 3. The van der Waals surface area contributed by atoms with Crippen molar-refractivity contribution in [3.05, 3.63) is 117 Å². The van der Waals surface area contributed by atoms with Crippen molar-refractivity contribution in [2.45, 2.75) is 63.3 Å². The third kappa shape index (κ3) is 8.33. The maximum absolute atomic E-state index is 14.4. The zero-order valence-electron chi connectivity index (χ0n) is 26.8. The Balaban J connectivity index is 1.38. The van der Waals surface area contributed by atoms with Crippen LogP contribution in [0.2, 0.25) is 0 Å². The van der Waals surface area contributed by atoms with Crippen molar-refractivity contribution in [2.75, 3.05) is 26.2 Å². The van der Waals surface area contributed by atoms with Crippen LogP contribution in [-0.2, 0) is 42.7 Å². The Kier molecular flexibility index (Phi) is 11.4. The van der Waals surface area contributed by atoms with Crippen LogP contribution >= 0.6 is 11.8 Å². The Morgan fingerprint density at radius 1 is 0.917 bits per heavy atom. The van der Waals surface area contributed by atoms with Gasteiger partial charge in [0.1, 0.15) is 6.54 Å². The summed E-state index contributed by atoms with van der Waals surface area (Å²) in [6, 6.07) is 16.2. The number of carbonyl (C=O) groups is 1. The predicted octanol–water partition coefficient (Wildman–Crippen LogP) is 7.36. The van der Waals surface area contributed by atoms with Crippen LogP contribution in [0.15, 0.2) is 76.7 Å². The van der Waals surface area contributed by atoms with Crippen LogP contribution < -0.4 is 5.56 Å². The fourth-order valence-electron chi connectivity index (χ4n) is 5.76. The molecule has 1 aliphatic carbocycles. The highest BCUT2D eigenvalue weighted by molar-refractivity contribution is 7.98. The summed E-state index contributed by atoms with van der Waals surface area (Å²) in [5.74, 6) is -2.18. The third-order valence-electron chi connectivity index (χ3n) is 8.64. The number of amides is 1. The molecule has 0 N–H and O–H groups in total. The second-order valence-corrected chi connectivity index (χ2v) is 12.6. The molecule has 0 atom stereocenters. The number of nitrogens with zero attached hydrogens (tertiary/aromatic N) is 4. The van der Waals surface area contributed by atoms with Gasteiger partial charge in [-0.25, -0.2) is 13.8 Å². The minimum absolute atomic E-state index is 0.0277. The van der Waals surface area contributed by atoms with E-state index in [0.29, 0.717) is 42.8 Å². The van der Waals surface area contributed by atoms with Crippen LogP contribution in [-0.4, -0.2) is 51.4 Å². The first-order valence-corrected chi connectivity index (χ1v) is 16.9. The zero-order chi connectivity index (χ0) is 34.4. The minimum atomic E-state index is -4.41. The minimum Gasteiger partial charge on any atom is -0.336 e. The average molecular weight is 685 g/mol. The van der Waals surface area contributed by atoms with Crippen molar-refractivity contribution in [3.63, 3.8) is 0 Å². The zero-order valence-corrected chi connectivity index (χ0v) is 27.6. The number of hydrogen-bond donors (Lipinski definition) is 0. The summed E-state index contributed by atoms with van der Waals surface area (Å²) in [6.07, 6.45) is -2.44. The van der Waals surface area contributed by atoms with Gasteiger partial charge in [-0.05, 0) is 67.2 Å². The molecule has 1 heterocycles. The molecule has 48 heavy (non-hydrogen) atoms. The molecule has 1 aromatic heterocycles. The number of rotatable bonds is 13. The molecule has 1 aliphatic rings. The molecule has 5 rings (SSSR count). The van der Waals surface area contributed by atoms with E-state index in [4.69, 9.17) is 4.98 Å². The Morgan fingerprint density at radius 3 is 2.23 bits per heavy atom. The standard InChI is InChI=1S/C36H37F5N4O2S/c1-3-43(4-2)19-20-44(21-24-11-13-25(14-12-24)26-15-17-28(18-16-26)36(39,40)41)32(46)22-45-34(47)29-8-6-10-31(29)42-35(45)48-23-27-7-5-9-30(37)33(27)38/h5,7,9,11-18H,3-4,6,8,10,19-23H2,1-2H3. The van der Waals surface area contributed by atoms with Crippen LogP contribution in [0, 0.1) is 11.6 Å². The van der Waals surface area contributed by atoms with Gasteiger partial charge in [0.05, 0.1) is 11.3 Å². The molecule has 1 amide bonds. The number of halogens is 5. The van der Waals surface area contributed by atoms with E-state index >= 15 is 0 Å². The van der Waals surface area contributed by atoms with Crippen molar-refractivity contribution in [1.29, 1.82) is 0 Å². The Bertz CT molecular complexity index is 1790. The van der Waals surface area contributed by atoms with Crippen LogP contribution in [0.25, 0.3) is 11.1 Å². The first-order chi connectivity index (χ1) is 23.0. The highest BCUT2D eigenvalue weighted by Crippen LogP contribution is 2.31. The first-order valence-electron chi connectivity index (χ1n) is 15.9. The summed E-state index contributed by atoms with van der Waals surface area (Å²) >= 11 is 1.09. The van der Waals surface area contributed by atoms with Gasteiger partial charge >= 0.3 is 6.18 Å². The van der Waals surface area contributed by atoms with Crippen molar-refractivity contribution >= 4 is 17.7 Å². The average Bonchev–Trinajstić information content (AvgIpc) is 3.56. The third-order valence-corrected chi connectivity index (χ3v) is 9.67. The molecule has 6 nitrogen and oxygen atoms in total. The fraction of sp³-hybridized carbons (Fsp3) is 0.361. The van der Waals surface area contributed by atoms with Gasteiger partial charge in [0.25, 0.3) is 5.56 Å². The van der Waals surface area contributed by atoms with Crippen LogP contribution in [0.1, 0.15) is 48.2 Å². The molecule has 12 heteroatoms. The molecule has 0 fully saturated rings. The number of aryl methyl sites for hydroxylation is 1. The van der Waals surface area contributed by atoms with Crippen molar-refractivity contribution in [2.24, 2.45) is 0 Å². The number of likely N-dealkylation sites (N-methyl/N-ethyl adjacent to an activating group) is 1. The smallest absolute Gasteiger partial charge is 0.336 e. The number of fused-ring (bicyclic) bond motifs is 1. The largest absolute Gasteiger partial charge is 0.416 e. The van der Waals surface area contributed by atoms with Crippen molar-refractivity contribution in [1.82, 2.24) is 19.4 Å². The van der Waals surface area contributed by atoms with Crippen LogP contribution in [0.3, 0.4) is 0 Å². The molecule has 4 aromatic rings. The van der Waals surface area contributed by atoms with E-state index in [-0.39, 0.29) is 41.0 Å². The van der Waals surface area contributed by atoms with Crippen molar-refractivity contribution in [3.8, 4) is 11.1 Å². The van der Waals surface area contributed by atoms with E-state index in [1.54, 1.807) is 17.0 Å². The molecule has 254 valence electrons. The van der Waals surface area contributed by atoms with Crippen molar-refractivity contribution < 1.29 is 26.7 Å². The summed E-state index contributed by atoms with van der Waals surface area (Å²) in [5, 5.41) is 0.280. The maximum atomic E-state index is 14.4. The molecule has 0 unspecified atom stereocenters. The van der Waals surface area contributed by atoms with Crippen LogP contribution in [0.4, 0.5) is 22.0 Å². The normalized spacial score (nSPS) is 12.8. The molecular formula is C36H37F5N4O2S. The van der Waals surface area contributed by atoms with E-state index in [2.05, 4.69) is 4.90 Å². The highest BCUT2D eigenvalue weighted by Gasteiger charge is 2.30. The first kappa shape index (κ1) is 35.3. The lowest BCUT2D eigenvalue weighted by atomic mass is 10.0. The number of hydrogen-bond acceptors (Lipinski definition) is 5. The van der Waals surface area contributed by atoms with E-state index in [1.807, 2.05) is 26.0 Å². The van der Waals surface area contributed by atoms with Crippen LogP contribution in [0.5, 0.6) is 0 Å². The Labute approximate surface area is 280 Å². The number of benzene rings is 3. The highest BCUT2D eigenvalue weighted by atomic mass is 32.2. The molecule has 0 spiro atoms. The maximum Gasteiger partial charge on any atom is 0.416 e. The number of aromatic nitrogens is 2. The second-order valence-electron chi connectivity index (χ2n) is 11.7. The number of thioether (sulfide) groups is 1. The van der Waals surface area contributed by atoms with Gasteiger partial charge in [-0.2, -0.15) is 13.2 Å². The van der Waals surface area contributed by atoms with Gasteiger partial charge in [0.15, 0.2) is 16.8 Å². The molecule has 0 bridgehead atoms. The second kappa shape index (κ2) is 15.5. The van der Waals surface area contributed by atoms with Gasteiger partial charge in [-0.3, -0.25) is 14.2 Å². The molecule has 3 aromatic carbocycles. The lowest BCUT2D eigenvalue weighted by Crippen LogP contribution is -2.41. The molecule has 0 saturated heterocycles. The van der Waals surface area contributed by atoms with Gasteiger partial charge in [0.2, 0.25) is 5.91 Å². The lowest BCUT2D eigenvalue weighted by molar-refractivity contribution is -0.137. The van der Waals surface area contributed by atoms with Gasteiger partial charge < -0.3 is 9.80 Å². The van der Waals surface area contributed by atoms with E-state index in [1.165, 1.54) is 28.8 Å². The monoisotopic (exact) mass is 684 g/mol. The summed E-state index contributed by atoms with van der Waals surface area (Å²) in [4.78, 5) is 36.2. The lowest BCUT2D eigenvalue weighted by Gasteiger charge is -2.27. The summed E-state index contributed by atoms with van der Waals surface area (Å²) in [6.45, 7) is 6.66. The molecular weight excluding hydrogens is 647 g/mol. The summed E-state index contributed by atoms with van der Waals surface area (Å²) < 4.78 is 68.7. The summed E-state index contributed by atoms with van der Waals surface area (Å²) in [5.41, 5.74) is 2.57. The van der Waals surface area contributed by atoms with E-state index in [0.717, 1.165) is 60.6 Å². The molecule has 0 aliphatic heterocycles. The van der Waals surface area contributed by atoms with Gasteiger partial charge in [-0.1, -0.05) is 74.1 Å². The number of carbonyl (C=O) groups excluding carboxylic acids is 1. The quantitative estimate of drug-likeness (QED) is 0.0838. The Hall–Kier alpha value is -4.03. The molecule has 0 saturated carbocycles. The van der Waals surface area contributed by atoms with Gasteiger partial charge in [-0.15, -0.1) is 0 Å². The predicted molar refractivity (Wildman–Crippen MR) is 177 cm³/mol.